The van der Waals surface area contributed by atoms with Crippen LogP contribution < -0.4 is 24.4 Å². The van der Waals surface area contributed by atoms with Crippen LogP contribution in [0.4, 0.5) is 20.2 Å². The second-order valence-corrected chi connectivity index (χ2v) is 8.66. The number of halogens is 2. The zero-order valence-corrected chi connectivity index (χ0v) is 16.6. The van der Waals surface area contributed by atoms with Crippen LogP contribution in [0.1, 0.15) is 12.0 Å². The third-order valence-corrected chi connectivity index (χ3v) is 6.20. The maximum Gasteiger partial charge on any atom is 0.586 e. The molecule has 2 aliphatic heterocycles. The summed E-state index contributed by atoms with van der Waals surface area (Å²) in [4.78, 5) is 2.02. The Balaban J connectivity index is 1.58. The number of sulfonamides is 1. The standard InChI is InChI=1S/C19H21F2N3O4S/c1-13-3-4-14(11-16(13)24-9-2-7-22-8-10-24)23-29(25,26)15-5-6-17-18(12-15)28-19(20,21)27-17/h3-6,11-12,22-23H,2,7-10H2,1H3. The summed E-state index contributed by atoms with van der Waals surface area (Å²) in [6.45, 7) is 5.49. The highest BCUT2D eigenvalue weighted by Gasteiger charge is 2.43. The van der Waals surface area contributed by atoms with Crippen molar-refractivity contribution in [3.8, 4) is 11.5 Å². The zero-order valence-electron chi connectivity index (χ0n) is 15.7. The Morgan fingerprint density at radius 2 is 1.86 bits per heavy atom. The summed E-state index contributed by atoms with van der Waals surface area (Å²) in [7, 11) is -4.00. The van der Waals surface area contributed by atoms with Gasteiger partial charge in [-0.3, -0.25) is 4.72 Å². The van der Waals surface area contributed by atoms with Gasteiger partial charge in [-0.05, 0) is 49.7 Å². The fourth-order valence-electron chi connectivity index (χ4n) is 3.41. The fourth-order valence-corrected chi connectivity index (χ4v) is 4.48. The van der Waals surface area contributed by atoms with Gasteiger partial charge >= 0.3 is 6.29 Å². The molecule has 4 rings (SSSR count). The summed E-state index contributed by atoms with van der Waals surface area (Å²) in [5, 5.41) is 3.34. The number of hydrogen-bond acceptors (Lipinski definition) is 6. The highest BCUT2D eigenvalue weighted by Crippen LogP contribution is 2.42. The van der Waals surface area contributed by atoms with Gasteiger partial charge in [0, 0.05) is 31.4 Å². The largest absolute Gasteiger partial charge is 0.586 e. The predicted molar refractivity (Wildman–Crippen MR) is 104 cm³/mol. The van der Waals surface area contributed by atoms with E-state index in [0.29, 0.717) is 5.69 Å². The highest BCUT2D eigenvalue weighted by molar-refractivity contribution is 7.92. The Kier molecular flexibility index (Phi) is 4.99. The van der Waals surface area contributed by atoms with Crippen molar-refractivity contribution in [2.24, 2.45) is 0 Å². The van der Waals surface area contributed by atoms with Crippen LogP contribution in [0.25, 0.3) is 0 Å². The summed E-state index contributed by atoms with van der Waals surface area (Å²) in [6.07, 6.45) is -2.80. The quantitative estimate of drug-likeness (QED) is 0.784. The Hall–Kier alpha value is -2.59. The third kappa shape index (κ3) is 4.23. The van der Waals surface area contributed by atoms with Crippen molar-refractivity contribution in [3.05, 3.63) is 42.0 Å². The molecule has 0 amide bonds. The van der Waals surface area contributed by atoms with E-state index in [-0.39, 0.29) is 16.4 Å². The van der Waals surface area contributed by atoms with Crippen molar-refractivity contribution in [2.75, 3.05) is 35.8 Å². The van der Waals surface area contributed by atoms with Crippen molar-refractivity contribution < 1.29 is 26.7 Å². The van der Waals surface area contributed by atoms with Crippen LogP contribution in [0, 0.1) is 6.92 Å². The van der Waals surface area contributed by atoms with Gasteiger partial charge in [0.1, 0.15) is 0 Å². The molecule has 2 N–H and O–H groups in total. The number of hydrogen-bond donors (Lipinski definition) is 2. The van der Waals surface area contributed by atoms with Crippen molar-refractivity contribution in [2.45, 2.75) is 24.5 Å². The van der Waals surface area contributed by atoms with Crippen LogP contribution in [0.2, 0.25) is 0 Å². The molecule has 0 radical (unpaired) electrons. The van der Waals surface area contributed by atoms with Crippen LogP contribution >= 0.6 is 0 Å². The number of fused-ring (bicyclic) bond motifs is 1. The van der Waals surface area contributed by atoms with E-state index in [4.69, 9.17) is 0 Å². The number of nitrogens with zero attached hydrogens (tertiary/aromatic N) is 1. The lowest BCUT2D eigenvalue weighted by Crippen LogP contribution is -2.28. The van der Waals surface area contributed by atoms with Gasteiger partial charge in [0.15, 0.2) is 11.5 Å². The molecule has 7 nitrogen and oxygen atoms in total. The van der Waals surface area contributed by atoms with Crippen LogP contribution in [-0.2, 0) is 10.0 Å². The second kappa shape index (κ2) is 7.34. The molecule has 1 fully saturated rings. The minimum Gasteiger partial charge on any atom is -0.395 e. The van der Waals surface area contributed by atoms with Crippen molar-refractivity contribution >= 4 is 21.4 Å². The number of anilines is 2. The topological polar surface area (TPSA) is 79.9 Å². The van der Waals surface area contributed by atoms with Crippen LogP contribution in [0.3, 0.4) is 0 Å². The number of aryl methyl sites for hydroxylation is 1. The Morgan fingerprint density at radius 3 is 2.69 bits per heavy atom. The van der Waals surface area contributed by atoms with Gasteiger partial charge in [-0.2, -0.15) is 0 Å². The number of benzene rings is 2. The molecule has 0 saturated carbocycles. The van der Waals surface area contributed by atoms with Crippen molar-refractivity contribution in [3.63, 3.8) is 0 Å². The van der Waals surface area contributed by atoms with Gasteiger partial charge in [-0.15, -0.1) is 8.78 Å². The van der Waals surface area contributed by atoms with Gasteiger partial charge in [-0.1, -0.05) is 6.07 Å². The maximum atomic E-state index is 13.2. The van der Waals surface area contributed by atoms with Crippen molar-refractivity contribution in [1.29, 1.82) is 0 Å². The Morgan fingerprint density at radius 1 is 1.07 bits per heavy atom. The van der Waals surface area contributed by atoms with Gasteiger partial charge in [0.25, 0.3) is 10.0 Å². The zero-order chi connectivity index (χ0) is 20.6. The molecule has 0 unspecified atom stereocenters. The summed E-state index contributed by atoms with van der Waals surface area (Å²) >= 11 is 0. The maximum absolute atomic E-state index is 13.2. The van der Waals surface area contributed by atoms with Crippen molar-refractivity contribution in [1.82, 2.24) is 5.32 Å². The first-order chi connectivity index (χ1) is 13.7. The molecule has 2 heterocycles. The van der Waals surface area contributed by atoms with E-state index in [9.17, 15) is 17.2 Å². The summed E-state index contributed by atoms with van der Waals surface area (Å²) < 4.78 is 63.1. The first-order valence-electron chi connectivity index (χ1n) is 9.23. The van der Waals surface area contributed by atoms with E-state index in [2.05, 4.69) is 24.4 Å². The smallest absolute Gasteiger partial charge is 0.395 e. The Bertz CT molecular complexity index is 1020. The molecule has 0 aromatic heterocycles. The molecular weight excluding hydrogens is 404 g/mol. The SMILES string of the molecule is Cc1ccc(NS(=O)(=O)c2ccc3c(c2)OC(F)(F)O3)cc1N1CCCNCC1. The molecule has 0 spiro atoms. The molecule has 29 heavy (non-hydrogen) atoms. The molecule has 0 bridgehead atoms. The first-order valence-corrected chi connectivity index (χ1v) is 10.7. The second-order valence-electron chi connectivity index (χ2n) is 6.97. The van der Waals surface area contributed by atoms with Gasteiger partial charge in [0.05, 0.1) is 10.6 Å². The number of nitrogens with one attached hydrogen (secondary N) is 2. The van der Waals surface area contributed by atoms with Gasteiger partial charge < -0.3 is 19.7 Å². The van der Waals surface area contributed by atoms with Crippen LogP contribution in [0.15, 0.2) is 41.3 Å². The number of rotatable bonds is 4. The number of alkyl halides is 2. The molecule has 10 heteroatoms. The average Bonchev–Trinajstić information content (AvgIpc) is 2.82. The predicted octanol–water partition coefficient (Wildman–Crippen LogP) is 2.92. The fraction of sp³-hybridized carbons (Fsp3) is 0.368. The molecular formula is C19H21F2N3O4S. The lowest BCUT2D eigenvalue weighted by Gasteiger charge is -2.25. The molecule has 2 aromatic rings. The first kappa shape index (κ1) is 19.7. The summed E-state index contributed by atoms with van der Waals surface area (Å²) in [5.41, 5.74) is 2.39. The lowest BCUT2D eigenvalue weighted by molar-refractivity contribution is -0.286. The Labute approximate surface area is 167 Å². The highest BCUT2D eigenvalue weighted by atomic mass is 32.2. The normalized spacial score (nSPS) is 18.4. The summed E-state index contributed by atoms with van der Waals surface area (Å²) in [5.74, 6) is -0.527. The molecule has 2 aromatic carbocycles. The van der Waals surface area contributed by atoms with Gasteiger partial charge in [0.2, 0.25) is 0 Å². The molecule has 0 atom stereocenters. The number of ether oxygens (including phenoxy) is 2. The van der Waals surface area contributed by atoms with Crippen LogP contribution in [0.5, 0.6) is 11.5 Å². The average molecular weight is 425 g/mol. The summed E-state index contributed by atoms with van der Waals surface area (Å²) in [6, 6.07) is 8.68. The van der Waals surface area contributed by atoms with E-state index in [1.165, 1.54) is 6.07 Å². The van der Waals surface area contributed by atoms with E-state index in [0.717, 1.165) is 56.0 Å². The molecule has 156 valence electrons. The molecule has 2 aliphatic rings. The van der Waals surface area contributed by atoms with E-state index in [1.807, 2.05) is 13.0 Å². The van der Waals surface area contributed by atoms with Crippen LogP contribution in [-0.4, -0.2) is 40.9 Å². The minimum absolute atomic E-state index is 0.196. The molecule has 1 saturated heterocycles. The monoisotopic (exact) mass is 425 g/mol. The third-order valence-electron chi connectivity index (χ3n) is 4.83. The van der Waals surface area contributed by atoms with Gasteiger partial charge in [-0.25, -0.2) is 8.42 Å². The van der Waals surface area contributed by atoms with E-state index >= 15 is 0 Å². The van der Waals surface area contributed by atoms with E-state index in [1.54, 1.807) is 12.1 Å². The van der Waals surface area contributed by atoms with E-state index < -0.39 is 16.3 Å². The minimum atomic E-state index is -4.00. The molecule has 0 aliphatic carbocycles. The lowest BCUT2D eigenvalue weighted by atomic mass is 10.1.